The minimum absolute atomic E-state index is 0.00891. The molecule has 0 bridgehead atoms. The molecule has 6 rings (SSSR count). The normalized spacial score (nSPS) is 11.0. The quantitative estimate of drug-likeness (QED) is 0.102. The molecule has 1 amide bonds. The molecule has 0 unspecified atom stereocenters. The zero-order chi connectivity index (χ0) is 38.9. The zero-order valence-corrected chi connectivity index (χ0v) is 30.9. The van der Waals surface area contributed by atoms with Crippen molar-refractivity contribution in [1.29, 1.82) is 0 Å². The van der Waals surface area contributed by atoms with Crippen LogP contribution in [-0.2, 0) is 24.2 Å². The van der Waals surface area contributed by atoms with Crippen LogP contribution >= 0.6 is 11.3 Å². The van der Waals surface area contributed by atoms with Gasteiger partial charge in [-0.15, -0.1) is 16.4 Å². The van der Waals surface area contributed by atoms with Crippen LogP contribution in [0.15, 0.2) is 83.2 Å². The molecule has 0 saturated carbocycles. The van der Waals surface area contributed by atoms with Crippen molar-refractivity contribution in [2.75, 3.05) is 32.1 Å². The number of amides is 1. The Hall–Kier alpha value is -6.46. The number of benzene rings is 3. The lowest BCUT2D eigenvalue weighted by Gasteiger charge is -2.18. The van der Waals surface area contributed by atoms with Gasteiger partial charge >= 0.3 is 5.97 Å². The van der Waals surface area contributed by atoms with E-state index < -0.39 is 17.3 Å². The summed E-state index contributed by atoms with van der Waals surface area (Å²) in [7, 11) is 1.56. The molecule has 3 aromatic heterocycles. The molecule has 3 heterocycles. The molecule has 0 aliphatic rings. The third-order valence-electron chi connectivity index (χ3n) is 8.30. The van der Waals surface area contributed by atoms with Crippen molar-refractivity contribution in [2.24, 2.45) is 0 Å². The molecule has 3 N–H and O–H groups in total. The van der Waals surface area contributed by atoms with E-state index in [1.807, 2.05) is 6.92 Å². The Labute approximate surface area is 318 Å². The van der Waals surface area contributed by atoms with Crippen LogP contribution < -0.4 is 30.4 Å². The third-order valence-corrected chi connectivity index (χ3v) is 8.99. The number of likely N-dealkylation sites (N-methyl/N-ethyl adjacent to an activating group) is 1. The van der Waals surface area contributed by atoms with E-state index in [0.29, 0.717) is 57.8 Å². The molecule has 284 valence electrons. The number of carboxylic acid groups (broad SMARTS) is 1. The molecule has 3 aromatic carbocycles. The van der Waals surface area contributed by atoms with Crippen LogP contribution in [0.25, 0.3) is 17.1 Å². The summed E-state index contributed by atoms with van der Waals surface area (Å²) >= 11 is 1.30. The fraction of sp³-hybridized carbons (Fsp3) is 0.237. The maximum absolute atomic E-state index is 14.7. The number of nitrogens with one attached hydrogen (secondary N) is 2. The molecular weight excluding hydrogens is 732 g/mol. The molecule has 0 radical (unpaired) electrons. The Morgan fingerprint density at radius 2 is 1.78 bits per heavy atom. The first kappa shape index (κ1) is 38.3. The Morgan fingerprint density at radius 3 is 2.49 bits per heavy atom. The van der Waals surface area contributed by atoms with Gasteiger partial charge < -0.3 is 30.0 Å². The van der Waals surface area contributed by atoms with E-state index in [9.17, 15) is 23.9 Å². The second-order valence-corrected chi connectivity index (χ2v) is 13.0. The number of rotatable bonds is 17. The number of carboxylic acids is 1. The summed E-state index contributed by atoms with van der Waals surface area (Å²) in [6, 6.07) is 15.5. The van der Waals surface area contributed by atoms with E-state index in [1.54, 1.807) is 79.0 Å². The van der Waals surface area contributed by atoms with Gasteiger partial charge in [0.25, 0.3) is 5.56 Å². The van der Waals surface area contributed by atoms with Gasteiger partial charge in [0.15, 0.2) is 16.6 Å². The van der Waals surface area contributed by atoms with Crippen molar-refractivity contribution in [3.8, 4) is 40.1 Å². The maximum atomic E-state index is 14.7. The fourth-order valence-corrected chi connectivity index (χ4v) is 6.07. The molecule has 6 aromatic rings. The first-order valence-electron chi connectivity index (χ1n) is 17.2. The standard InChI is InChI=1S/C38H37FN8O7S/c1-4-40-12-11-24-18-33(34(54-28-9-10-29(37(50)51)30(39)21-28)19-25(24)20-35(48)42-38-41-13-16-55-38)53-15-14-46-22-32(43-45-46)31-17-23(2)36(49)47(44-31)26-5-7-27(52-3)8-6-26/h5-10,13,16-19,21-22,40H,4,11-12,14-15,20H2,1-3H3,(H,50,51)(H,41,42,48). The number of aromatic nitrogens is 6. The molecule has 0 aliphatic carbocycles. The van der Waals surface area contributed by atoms with Gasteiger partial charge in [0.2, 0.25) is 5.91 Å². The fourth-order valence-electron chi connectivity index (χ4n) is 5.53. The van der Waals surface area contributed by atoms with Crippen molar-refractivity contribution in [3.05, 3.63) is 117 Å². The molecule has 17 heteroatoms. The molecule has 15 nitrogen and oxygen atoms in total. The number of nitrogens with zero attached hydrogens (tertiary/aromatic N) is 6. The summed E-state index contributed by atoms with van der Waals surface area (Å²) in [6.07, 6.45) is 3.83. The smallest absolute Gasteiger partial charge is 0.338 e. The molecule has 0 aliphatic heterocycles. The highest BCUT2D eigenvalue weighted by Crippen LogP contribution is 2.36. The second-order valence-electron chi connectivity index (χ2n) is 12.1. The lowest BCUT2D eigenvalue weighted by Crippen LogP contribution is -2.23. The predicted molar refractivity (Wildman–Crippen MR) is 202 cm³/mol. The third kappa shape index (κ3) is 9.56. The monoisotopic (exact) mass is 768 g/mol. The number of aryl methyl sites for hydroxylation is 1. The van der Waals surface area contributed by atoms with Crippen LogP contribution in [0.5, 0.6) is 23.0 Å². The topological polar surface area (TPSA) is 185 Å². The number of carbonyl (C=O) groups is 2. The number of aromatic carboxylic acids is 1. The number of ether oxygens (including phenoxy) is 3. The van der Waals surface area contributed by atoms with Crippen LogP contribution in [0.4, 0.5) is 9.52 Å². The summed E-state index contributed by atoms with van der Waals surface area (Å²) in [5.41, 5.74) is 2.61. The molecular formula is C38H37FN8O7S. The summed E-state index contributed by atoms with van der Waals surface area (Å²) in [6.45, 7) is 5.41. The van der Waals surface area contributed by atoms with E-state index >= 15 is 0 Å². The molecule has 0 saturated heterocycles. The Balaban J connectivity index is 1.25. The molecule has 0 atom stereocenters. The number of carbonyl (C=O) groups excluding carboxylic acids is 1. The zero-order valence-electron chi connectivity index (χ0n) is 30.1. The number of methoxy groups -OCH3 is 1. The Morgan fingerprint density at radius 1 is 1.00 bits per heavy atom. The maximum Gasteiger partial charge on any atom is 0.338 e. The first-order valence-corrected chi connectivity index (χ1v) is 18.0. The Kier molecular flexibility index (Phi) is 12.2. The van der Waals surface area contributed by atoms with Crippen LogP contribution in [-0.4, -0.2) is 73.5 Å². The SMILES string of the molecule is CCNCCc1cc(OCCn2cc(-c3cc(C)c(=O)n(-c4ccc(OC)cc4)n3)nn2)c(Oc2ccc(C(=O)O)c(F)c2)cc1CC(=O)Nc1nccs1. The lowest BCUT2D eigenvalue weighted by molar-refractivity contribution is -0.115. The molecule has 0 spiro atoms. The molecule has 0 fully saturated rings. The van der Waals surface area contributed by atoms with Gasteiger partial charge in [-0.1, -0.05) is 12.1 Å². The summed E-state index contributed by atoms with van der Waals surface area (Å²) in [5, 5.41) is 30.7. The number of hydrogen-bond donors (Lipinski definition) is 3. The minimum atomic E-state index is -1.41. The van der Waals surface area contributed by atoms with E-state index in [-0.39, 0.29) is 42.5 Å². The van der Waals surface area contributed by atoms with Gasteiger partial charge in [-0.05, 0) is 92.2 Å². The van der Waals surface area contributed by atoms with Crippen LogP contribution in [0.3, 0.4) is 0 Å². The van der Waals surface area contributed by atoms with E-state index in [2.05, 4.69) is 31.0 Å². The van der Waals surface area contributed by atoms with Crippen LogP contribution in [0.1, 0.15) is 34.0 Å². The van der Waals surface area contributed by atoms with Crippen molar-refractivity contribution >= 4 is 28.3 Å². The second kappa shape index (κ2) is 17.6. The lowest BCUT2D eigenvalue weighted by atomic mass is 10.00. The van der Waals surface area contributed by atoms with Gasteiger partial charge in [-0.3, -0.25) is 9.59 Å². The van der Waals surface area contributed by atoms with Gasteiger partial charge in [0, 0.05) is 23.2 Å². The number of hydrogen-bond acceptors (Lipinski definition) is 12. The van der Waals surface area contributed by atoms with Crippen LogP contribution in [0, 0.1) is 12.7 Å². The highest BCUT2D eigenvalue weighted by Gasteiger charge is 2.19. The largest absolute Gasteiger partial charge is 0.497 e. The number of thiazole rings is 1. The van der Waals surface area contributed by atoms with Crippen LogP contribution in [0.2, 0.25) is 0 Å². The van der Waals surface area contributed by atoms with E-state index in [0.717, 1.165) is 24.2 Å². The highest BCUT2D eigenvalue weighted by atomic mass is 32.1. The van der Waals surface area contributed by atoms with Gasteiger partial charge in [0.05, 0.1) is 37.5 Å². The van der Waals surface area contributed by atoms with Gasteiger partial charge in [-0.2, -0.15) is 9.78 Å². The summed E-state index contributed by atoms with van der Waals surface area (Å²) < 4.78 is 35.1. The minimum Gasteiger partial charge on any atom is -0.497 e. The van der Waals surface area contributed by atoms with E-state index in [4.69, 9.17) is 14.2 Å². The van der Waals surface area contributed by atoms with Gasteiger partial charge in [0.1, 0.15) is 35.3 Å². The van der Waals surface area contributed by atoms with Crippen molar-refractivity contribution < 1.29 is 33.3 Å². The highest BCUT2D eigenvalue weighted by molar-refractivity contribution is 7.13. The van der Waals surface area contributed by atoms with Gasteiger partial charge in [-0.25, -0.2) is 18.9 Å². The summed E-state index contributed by atoms with van der Waals surface area (Å²) in [5.74, 6) is -1.49. The number of anilines is 1. The first-order chi connectivity index (χ1) is 26.6. The Bertz CT molecular complexity index is 2350. The molecule has 55 heavy (non-hydrogen) atoms. The average Bonchev–Trinajstić information content (AvgIpc) is 3.87. The average molecular weight is 769 g/mol. The number of halogens is 1. The van der Waals surface area contributed by atoms with Crippen molar-refractivity contribution in [1.82, 2.24) is 35.1 Å². The van der Waals surface area contributed by atoms with Crippen molar-refractivity contribution in [2.45, 2.75) is 33.2 Å². The predicted octanol–water partition coefficient (Wildman–Crippen LogP) is 5.31. The summed E-state index contributed by atoms with van der Waals surface area (Å²) in [4.78, 5) is 41.6. The van der Waals surface area contributed by atoms with E-state index in [1.165, 1.54) is 22.1 Å². The van der Waals surface area contributed by atoms with Crippen molar-refractivity contribution in [3.63, 3.8) is 0 Å².